The van der Waals surface area contributed by atoms with Gasteiger partial charge in [0.1, 0.15) is 0 Å². The Bertz CT molecular complexity index is 275. The normalized spacial score (nSPS) is 9.65. The van der Waals surface area contributed by atoms with E-state index in [1.54, 1.807) is 11.8 Å². The number of nitriles is 2. The van der Waals surface area contributed by atoms with E-state index in [-0.39, 0.29) is 19.1 Å². The summed E-state index contributed by atoms with van der Waals surface area (Å²) < 4.78 is 4.81. The van der Waals surface area contributed by atoms with Crippen LogP contribution in [0.2, 0.25) is 0 Å². The third-order valence-corrected chi connectivity index (χ3v) is 2.25. The molecule has 0 atom stereocenters. The molecule has 94 valence electrons. The quantitative estimate of drug-likeness (QED) is 0.344. The number of hydrogen-bond donors (Lipinski definition) is 0. The van der Waals surface area contributed by atoms with E-state index in [0.717, 1.165) is 25.8 Å². The fourth-order valence-corrected chi connectivity index (χ4v) is 1.43. The standard InChI is InChI=1S/C12H19N3O2/c1-2-17-12(16)6-4-3-5-9-15(10-7-13)11-8-14/h2-6,9-11H2,1H3. The fraction of sp³-hybridized carbons (Fsp3) is 0.750. The lowest BCUT2D eigenvalue weighted by atomic mass is 10.2. The number of rotatable bonds is 9. The van der Waals surface area contributed by atoms with E-state index in [9.17, 15) is 4.79 Å². The van der Waals surface area contributed by atoms with Crippen LogP contribution in [0.5, 0.6) is 0 Å². The molecular weight excluding hydrogens is 218 g/mol. The summed E-state index contributed by atoms with van der Waals surface area (Å²) in [6.07, 6.45) is 3.05. The Morgan fingerprint density at radius 1 is 1.18 bits per heavy atom. The Kier molecular flexibility index (Phi) is 9.89. The summed E-state index contributed by atoms with van der Waals surface area (Å²) in [6.45, 7) is 3.51. The smallest absolute Gasteiger partial charge is 0.305 e. The lowest BCUT2D eigenvalue weighted by molar-refractivity contribution is -0.143. The van der Waals surface area contributed by atoms with E-state index in [4.69, 9.17) is 15.3 Å². The molecule has 5 heteroatoms. The number of ether oxygens (including phenoxy) is 1. The van der Waals surface area contributed by atoms with E-state index < -0.39 is 0 Å². The summed E-state index contributed by atoms with van der Waals surface area (Å²) in [4.78, 5) is 12.8. The highest BCUT2D eigenvalue weighted by molar-refractivity contribution is 5.69. The van der Waals surface area contributed by atoms with Gasteiger partial charge in [0.2, 0.25) is 0 Å². The molecule has 0 heterocycles. The predicted molar refractivity (Wildman–Crippen MR) is 62.8 cm³/mol. The van der Waals surface area contributed by atoms with Crippen LogP contribution in [0.25, 0.3) is 0 Å². The van der Waals surface area contributed by atoms with Gasteiger partial charge in [0, 0.05) is 13.0 Å². The molecule has 0 unspecified atom stereocenters. The van der Waals surface area contributed by atoms with Crippen molar-refractivity contribution in [2.45, 2.75) is 32.6 Å². The van der Waals surface area contributed by atoms with E-state index in [2.05, 4.69) is 0 Å². The van der Waals surface area contributed by atoms with Gasteiger partial charge in [-0.05, 0) is 19.8 Å². The summed E-state index contributed by atoms with van der Waals surface area (Å²) in [7, 11) is 0. The SMILES string of the molecule is CCOC(=O)CCCCCN(CC#N)CC#N. The van der Waals surface area contributed by atoms with Crippen molar-refractivity contribution in [3.63, 3.8) is 0 Å². The van der Waals surface area contributed by atoms with Gasteiger partial charge >= 0.3 is 5.97 Å². The number of carbonyl (C=O) groups is 1. The lowest BCUT2D eigenvalue weighted by Crippen LogP contribution is -2.25. The second-order valence-corrected chi connectivity index (χ2v) is 3.64. The Balaban J connectivity index is 3.52. The second-order valence-electron chi connectivity index (χ2n) is 3.64. The van der Waals surface area contributed by atoms with Gasteiger partial charge in [-0.25, -0.2) is 0 Å². The largest absolute Gasteiger partial charge is 0.466 e. The predicted octanol–water partition coefficient (Wildman–Crippen LogP) is 1.46. The van der Waals surface area contributed by atoms with Crippen molar-refractivity contribution >= 4 is 5.97 Å². The van der Waals surface area contributed by atoms with Gasteiger partial charge < -0.3 is 4.74 Å². The zero-order valence-electron chi connectivity index (χ0n) is 10.3. The minimum absolute atomic E-state index is 0.154. The molecule has 5 nitrogen and oxygen atoms in total. The molecule has 0 rings (SSSR count). The highest BCUT2D eigenvalue weighted by atomic mass is 16.5. The van der Waals surface area contributed by atoms with Crippen LogP contribution in [0.15, 0.2) is 0 Å². The maximum absolute atomic E-state index is 11.0. The molecule has 0 radical (unpaired) electrons. The van der Waals surface area contributed by atoms with Crippen molar-refractivity contribution < 1.29 is 9.53 Å². The number of carbonyl (C=O) groups excluding carboxylic acids is 1. The Labute approximate surface area is 103 Å². The maximum atomic E-state index is 11.0. The molecule has 0 fully saturated rings. The number of unbranched alkanes of at least 4 members (excludes halogenated alkanes) is 2. The summed E-state index contributed by atoms with van der Waals surface area (Å²) in [5.41, 5.74) is 0. The highest BCUT2D eigenvalue weighted by Crippen LogP contribution is 2.03. The maximum Gasteiger partial charge on any atom is 0.305 e. The van der Waals surface area contributed by atoms with Crippen molar-refractivity contribution in [1.82, 2.24) is 4.90 Å². The first-order valence-corrected chi connectivity index (χ1v) is 5.86. The van der Waals surface area contributed by atoms with Crippen LogP contribution < -0.4 is 0 Å². The first kappa shape index (κ1) is 15.4. The Hall–Kier alpha value is -1.59. The van der Waals surface area contributed by atoms with Crippen molar-refractivity contribution in [3.8, 4) is 12.1 Å². The van der Waals surface area contributed by atoms with Crippen LogP contribution >= 0.6 is 0 Å². The van der Waals surface area contributed by atoms with Crippen LogP contribution in [0.1, 0.15) is 32.6 Å². The number of nitrogens with zero attached hydrogens (tertiary/aromatic N) is 3. The minimum atomic E-state index is -0.154. The molecule has 0 aromatic heterocycles. The van der Waals surface area contributed by atoms with Crippen molar-refractivity contribution in [3.05, 3.63) is 0 Å². The molecule has 0 aliphatic rings. The van der Waals surface area contributed by atoms with Gasteiger partial charge in [-0.1, -0.05) is 6.42 Å². The second kappa shape index (κ2) is 10.9. The third kappa shape index (κ3) is 9.35. The lowest BCUT2D eigenvalue weighted by Gasteiger charge is -2.14. The molecule has 0 N–H and O–H groups in total. The zero-order chi connectivity index (χ0) is 12.9. The topological polar surface area (TPSA) is 77.1 Å². The molecule has 0 spiro atoms. The molecule has 0 aromatic rings. The van der Waals surface area contributed by atoms with E-state index >= 15 is 0 Å². The molecule has 0 bridgehead atoms. The van der Waals surface area contributed by atoms with E-state index in [0.29, 0.717) is 13.0 Å². The van der Waals surface area contributed by atoms with Gasteiger partial charge in [0.05, 0.1) is 31.8 Å². The molecule has 0 aromatic carbocycles. The Morgan fingerprint density at radius 2 is 1.82 bits per heavy atom. The first-order chi connectivity index (χ1) is 8.24. The number of hydrogen-bond acceptors (Lipinski definition) is 5. The molecule has 0 amide bonds. The highest BCUT2D eigenvalue weighted by Gasteiger charge is 2.04. The third-order valence-electron chi connectivity index (χ3n) is 2.25. The van der Waals surface area contributed by atoms with Crippen LogP contribution in [0.4, 0.5) is 0 Å². The van der Waals surface area contributed by atoms with Crippen LogP contribution in [0, 0.1) is 22.7 Å². The van der Waals surface area contributed by atoms with Gasteiger partial charge in [-0.3, -0.25) is 9.69 Å². The molecule has 0 saturated carbocycles. The fourth-order valence-electron chi connectivity index (χ4n) is 1.43. The summed E-state index contributed by atoms with van der Waals surface area (Å²) in [5, 5.41) is 17.1. The van der Waals surface area contributed by atoms with Crippen molar-refractivity contribution in [2.75, 3.05) is 26.2 Å². The van der Waals surface area contributed by atoms with Crippen LogP contribution in [0.3, 0.4) is 0 Å². The van der Waals surface area contributed by atoms with Crippen LogP contribution in [-0.2, 0) is 9.53 Å². The average molecular weight is 237 g/mol. The summed E-state index contributed by atoms with van der Waals surface area (Å²) >= 11 is 0. The first-order valence-electron chi connectivity index (χ1n) is 5.86. The molecule has 0 aliphatic heterocycles. The molecule has 0 aliphatic carbocycles. The van der Waals surface area contributed by atoms with Gasteiger partial charge in [-0.2, -0.15) is 10.5 Å². The zero-order valence-corrected chi connectivity index (χ0v) is 10.3. The monoisotopic (exact) mass is 237 g/mol. The molecule has 0 saturated heterocycles. The minimum Gasteiger partial charge on any atom is -0.466 e. The van der Waals surface area contributed by atoms with E-state index in [1.165, 1.54) is 0 Å². The number of esters is 1. The summed E-state index contributed by atoms with van der Waals surface area (Å²) in [5.74, 6) is -0.154. The summed E-state index contributed by atoms with van der Waals surface area (Å²) in [6, 6.07) is 4.06. The van der Waals surface area contributed by atoms with Crippen molar-refractivity contribution in [1.29, 1.82) is 10.5 Å². The van der Waals surface area contributed by atoms with Gasteiger partial charge in [-0.15, -0.1) is 0 Å². The van der Waals surface area contributed by atoms with Gasteiger partial charge in [0.15, 0.2) is 0 Å². The molecule has 17 heavy (non-hydrogen) atoms. The Morgan fingerprint density at radius 3 is 2.35 bits per heavy atom. The van der Waals surface area contributed by atoms with Crippen LogP contribution in [-0.4, -0.2) is 37.1 Å². The van der Waals surface area contributed by atoms with E-state index in [1.807, 2.05) is 12.1 Å². The van der Waals surface area contributed by atoms with Gasteiger partial charge in [0.25, 0.3) is 0 Å². The molecular formula is C12H19N3O2. The van der Waals surface area contributed by atoms with Crippen molar-refractivity contribution in [2.24, 2.45) is 0 Å². The average Bonchev–Trinajstić information content (AvgIpc) is 2.29.